The first-order valence-electron chi connectivity index (χ1n) is 5.06. The van der Waals surface area contributed by atoms with E-state index in [0.717, 1.165) is 12.3 Å². The zero-order valence-corrected chi connectivity index (χ0v) is 10.4. The van der Waals surface area contributed by atoms with Crippen LogP contribution < -0.4 is 4.72 Å². The lowest BCUT2D eigenvalue weighted by Gasteiger charge is -2.09. The lowest BCUT2D eigenvalue weighted by molar-refractivity contribution is 0.0697. The number of hydrogen-bond donors (Lipinski definition) is 3. The number of anilines is 1. The van der Waals surface area contributed by atoms with Crippen molar-refractivity contribution in [1.82, 2.24) is 10.2 Å². The van der Waals surface area contributed by atoms with Crippen molar-refractivity contribution >= 4 is 21.7 Å². The third kappa shape index (κ3) is 2.59. The molecule has 20 heavy (non-hydrogen) atoms. The van der Waals surface area contributed by atoms with E-state index in [2.05, 4.69) is 10.2 Å². The number of sulfonamides is 1. The van der Waals surface area contributed by atoms with Crippen molar-refractivity contribution < 1.29 is 27.1 Å². The van der Waals surface area contributed by atoms with Crippen molar-refractivity contribution in [2.75, 3.05) is 4.72 Å². The Balaban J connectivity index is 2.49. The van der Waals surface area contributed by atoms with Gasteiger partial charge in [0.05, 0.1) is 17.4 Å². The van der Waals surface area contributed by atoms with E-state index in [-0.39, 0.29) is 5.03 Å². The lowest BCUT2D eigenvalue weighted by atomic mass is 10.2. The van der Waals surface area contributed by atoms with E-state index in [9.17, 15) is 22.0 Å². The molecule has 106 valence electrons. The van der Waals surface area contributed by atoms with Crippen LogP contribution >= 0.6 is 0 Å². The molecule has 0 bridgehead atoms. The largest absolute Gasteiger partial charge is 0.478 e. The molecule has 1 heterocycles. The average Bonchev–Trinajstić information content (AvgIpc) is 2.87. The molecule has 0 saturated carbocycles. The van der Waals surface area contributed by atoms with E-state index >= 15 is 0 Å². The monoisotopic (exact) mass is 303 g/mol. The zero-order valence-electron chi connectivity index (χ0n) is 9.59. The van der Waals surface area contributed by atoms with E-state index < -0.39 is 38.9 Å². The van der Waals surface area contributed by atoms with Gasteiger partial charge in [-0.2, -0.15) is 13.5 Å². The fraction of sp³-hybridized carbons (Fsp3) is 0. The van der Waals surface area contributed by atoms with Crippen LogP contribution in [0.1, 0.15) is 10.4 Å². The van der Waals surface area contributed by atoms with Gasteiger partial charge in [-0.15, -0.1) is 0 Å². The molecule has 0 unspecified atom stereocenters. The van der Waals surface area contributed by atoms with Gasteiger partial charge in [0.15, 0.2) is 16.7 Å². The molecule has 0 radical (unpaired) electrons. The van der Waals surface area contributed by atoms with Crippen molar-refractivity contribution in [2.45, 2.75) is 5.03 Å². The first kappa shape index (κ1) is 13.9. The van der Waals surface area contributed by atoms with Crippen LogP contribution in [0.5, 0.6) is 0 Å². The number of hydrogen-bond acceptors (Lipinski definition) is 4. The van der Waals surface area contributed by atoms with Gasteiger partial charge >= 0.3 is 5.97 Å². The second-order valence-electron chi connectivity index (χ2n) is 3.64. The van der Waals surface area contributed by atoms with E-state index in [1.807, 2.05) is 4.72 Å². The highest BCUT2D eigenvalue weighted by molar-refractivity contribution is 7.92. The number of carboxylic acid groups (broad SMARTS) is 1. The van der Waals surface area contributed by atoms with E-state index in [1.54, 1.807) is 0 Å². The smallest absolute Gasteiger partial charge is 0.337 e. The Morgan fingerprint density at radius 3 is 2.50 bits per heavy atom. The summed E-state index contributed by atoms with van der Waals surface area (Å²) < 4.78 is 51.6. The van der Waals surface area contributed by atoms with Crippen LogP contribution in [0.2, 0.25) is 0 Å². The average molecular weight is 303 g/mol. The summed E-state index contributed by atoms with van der Waals surface area (Å²) in [7, 11) is -4.18. The molecule has 2 aromatic rings. The van der Waals surface area contributed by atoms with Gasteiger partial charge in [0, 0.05) is 6.07 Å². The topological polar surface area (TPSA) is 112 Å². The summed E-state index contributed by atoms with van der Waals surface area (Å²) in [4.78, 5) is 10.9. The van der Waals surface area contributed by atoms with Gasteiger partial charge in [-0.25, -0.2) is 13.6 Å². The summed E-state index contributed by atoms with van der Waals surface area (Å²) in [5.41, 5.74) is -1.31. The summed E-state index contributed by atoms with van der Waals surface area (Å²) in [6.45, 7) is 0. The molecule has 2 rings (SSSR count). The molecule has 1 aromatic carbocycles. The van der Waals surface area contributed by atoms with Gasteiger partial charge in [0.25, 0.3) is 10.0 Å². The quantitative estimate of drug-likeness (QED) is 0.785. The van der Waals surface area contributed by atoms with Crippen molar-refractivity contribution in [2.24, 2.45) is 0 Å². The molecular weight excluding hydrogens is 296 g/mol. The number of benzene rings is 1. The highest BCUT2D eigenvalue weighted by atomic mass is 32.2. The Kier molecular flexibility index (Phi) is 3.40. The number of aromatic amines is 1. The van der Waals surface area contributed by atoms with Gasteiger partial charge < -0.3 is 5.11 Å². The van der Waals surface area contributed by atoms with Crippen LogP contribution in [0.25, 0.3) is 0 Å². The molecule has 0 aliphatic carbocycles. The van der Waals surface area contributed by atoms with E-state index in [1.165, 1.54) is 0 Å². The van der Waals surface area contributed by atoms with Crippen LogP contribution in [0.15, 0.2) is 29.4 Å². The Hall–Kier alpha value is -2.49. The Morgan fingerprint density at radius 2 is 1.95 bits per heavy atom. The number of carbonyl (C=O) groups is 1. The number of aromatic nitrogens is 2. The number of aromatic carboxylic acids is 1. The predicted molar refractivity (Wildman–Crippen MR) is 62.7 cm³/mol. The molecule has 0 spiro atoms. The fourth-order valence-electron chi connectivity index (χ4n) is 1.40. The zero-order chi connectivity index (χ0) is 14.9. The molecular formula is C10H7F2N3O4S. The first-order valence-corrected chi connectivity index (χ1v) is 6.54. The maximum atomic E-state index is 13.1. The van der Waals surface area contributed by atoms with Gasteiger partial charge in [-0.1, -0.05) is 0 Å². The minimum Gasteiger partial charge on any atom is -0.478 e. The molecule has 3 N–H and O–H groups in total. The van der Waals surface area contributed by atoms with E-state index in [0.29, 0.717) is 12.1 Å². The number of carboxylic acids is 1. The highest BCUT2D eigenvalue weighted by Gasteiger charge is 2.21. The summed E-state index contributed by atoms with van der Waals surface area (Å²) in [6, 6.07) is 1.96. The Bertz CT molecular complexity index is 759. The van der Waals surface area contributed by atoms with Crippen LogP contribution in [-0.2, 0) is 10.0 Å². The third-order valence-electron chi connectivity index (χ3n) is 2.30. The van der Waals surface area contributed by atoms with Crippen molar-refractivity contribution in [1.29, 1.82) is 0 Å². The number of nitrogens with zero attached hydrogens (tertiary/aromatic N) is 1. The minimum atomic E-state index is -4.18. The van der Waals surface area contributed by atoms with E-state index in [4.69, 9.17) is 5.11 Å². The van der Waals surface area contributed by atoms with Crippen LogP contribution in [-0.4, -0.2) is 29.7 Å². The second kappa shape index (κ2) is 4.89. The van der Waals surface area contributed by atoms with Crippen LogP contribution in [0, 0.1) is 11.6 Å². The fourth-order valence-corrected chi connectivity index (χ4v) is 2.38. The minimum absolute atomic E-state index is 0.349. The molecule has 0 fully saturated rings. The second-order valence-corrected chi connectivity index (χ2v) is 5.29. The summed E-state index contributed by atoms with van der Waals surface area (Å²) in [5.74, 6) is -4.38. The highest BCUT2D eigenvalue weighted by Crippen LogP contribution is 2.22. The Labute approximate surface area is 111 Å². The lowest BCUT2D eigenvalue weighted by Crippen LogP contribution is -2.16. The summed E-state index contributed by atoms with van der Waals surface area (Å²) >= 11 is 0. The first-order chi connectivity index (χ1) is 9.31. The van der Waals surface area contributed by atoms with Gasteiger partial charge in [0.1, 0.15) is 0 Å². The van der Waals surface area contributed by atoms with Crippen LogP contribution in [0.4, 0.5) is 14.5 Å². The van der Waals surface area contributed by atoms with Crippen molar-refractivity contribution in [3.8, 4) is 0 Å². The third-order valence-corrected chi connectivity index (χ3v) is 3.59. The SMILES string of the molecule is O=C(O)c1cc(F)c(F)cc1NS(=O)(=O)c1ccn[nH]1. The van der Waals surface area contributed by atoms with Crippen LogP contribution in [0.3, 0.4) is 0 Å². The maximum absolute atomic E-state index is 13.1. The number of halogens is 2. The molecule has 0 saturated heterocycles. The van der Waals surface area contributed by atoms with Gasteiger partial charge in [-0.05, 0) is 12.1 Å². The van der Waals surface area contributed by atoms with Gasteiger partial charge in [-0.3, -0.25) is 9.82 Å². The number of nitrogens with one attached hydrogen (secondary N) is 2. The van der Waals surface area contributed by atoms with Crippen molar-refractivity contribution in [3.63, 3.8) is 0 Å². The normalized spacial score (nSPS) is 11.3. The molecule has 0 aliphatic heterocycles. The summed E-state index contributed by atoms with van der Waals surface area (Å²) in [6.07, 6.45) is 1.16. The molecule has 0 atom stereocenters. The predicted octanol–water partition coefficient (Wildman–Crippen LogP) is 1.19. The maximum Gasteiger partial charge on any atom is 0.337 e. The summed E-state index contributed by atoms with van der Waals surface area (Å²) in [5, 5.41) is 14.1. The molecule has 0 aliphatic rings. The molecule has 10 heteroatoms. The number of H-pyrrole nitrogens is 1. The molecule has 7 nitrogen and oxygen atoms in total. The Morgan fingerprint density at radius 1 is 1.30 bits per heavy atom. The molecule has 1 aromatic heterocycles. The van der Waals surface area contributed by atoms with Crippen molar-refractivity contribution in [3.05, 3.63) is 41.6 Å². The standard InChI is InChI=1S/C10H7F2N3O4S/c11-6-3-5(10(16)17)8(4-7(6)12)15-20(18,19)9-1-2-13-14-9/h1-4,15H,(H,13,14)(H,16,17). The van der Waals surface area contributed by atoms with Gasteiger partial charge in [0.2, 0.25) is 0 Å². The molecule has 0 amide bonds. The number of rotatable bonds is 4.